The molecule has 1 fully saturated rings. The number of ketones is 1. The summed E-state index contributed by atoms with van der Waals surface area (Å²) in [6, 6.07) is 15.1. The number of carbonyl (C=O) groups is 3. The van der Waals surface area contributed by atoms with E-state index in [2.05, 4.69) is 0 Å². The van der Waals surface area contributed by atoms with Gasteiger partial charge in [0.25, 0.3) is 5.91 Å². The second kappa shape index (κ2) is 6.76. The van der Waals surface area contributed by atoms with Gasteiger partial charge in [0.2, 0.25) is 5.78 Å². The van der Waals surface area contributed by atoms with Crippen LogP contribution in [0, 0.1) is 5.92 Å². The lowest BCUT2D eigenvalue weighted by molar-refractivity contribution is -0.141. The summed E-state index contributed by atoms with van der Waals surface area (Å²) >= 11 is 0. The molecule has 25 heavy (non-hydrogen) atoms. The third-order valence-electron chi connectivity index (χ3n) is 4.31. The first kappa shape index (κ1) is 16.7. The van der Waals surface area contributed by atoms with E-state index in [4.69, 9.17) is 4.74 Å². The number of carboxylic acid groups (broad SMARTS) is 1. The highest BCUT2D eigenvalue weighted by atomic mass is 16.5. The SMILES string of the molecule is COc1ccc([C@@H]2[C@@H](CC(=O)O)C(=O)C(=O)N2c2ccccc2)cc1. The van der Waals surface area contributed by atoms with Gasteiger partial charge in [-0.3, -0.25) is 19.3 Å². The van der Waals surface area contributed by atoms with Crippen LogP contribution in [0.15, 0.2) is 54.6 Å². The summed E-state index contributed by atoms with van der Waals surface area (Å²) < 4.78 is 5.14. The molecule has 6 nitrogen and oxygen atoms in total. The monoisotopic (exact) mass is 339 g/mol. The molecule has 0 aromatic heterocycles. The Bertz CT molecular complexity index is 800. The molecule has 0 unspecified atom stereocenters. The predicted molar refractivity (Wildman–Crippen MR) is 90.4 cm³/mol. The molecule has 1 N–H and O–H groups in total. The molecule has 0 aliphatic carbocycles. The molecule has 0 spiro atoms. The predicted octanol–water partition coefficient (Wildman–Crippen LogP) is 2.44. The van der Waals surface area contributed by atoms with Gasteiger partial charge < -0.3 is 9.84 Å². The van der Waals surface area contributed by atoms with Crippen molar-refractivity contribution >= 4 is 23.3 Å². The zero-order chi connectivity index (χ0) is 18.0. The van der Waals surface area contributed by atoms with Gasteiger partial charge in [-0.1, -0.05) is 30.3 Å². The van der Waals surface area contributed by atoms with Gasteiger partial charge in [0.05, 0.1) is 25.5 Å². The maximum absolute atomic E-state index is 12.6. The van der Waals surface area contributed by atoms with Gasteiger partial charge in [0, 0.05) is 5.69 Å². The molecule has 2 aromatic rings. The first-order chi connectivity index (χ1) is 12.0. The van der Waals surface area contributed by atoms with E-state index in [1.807, 2.05) is 6.07 Å². The third-order valence-corrected chi connectivity index (χ3v) is 4.31. The molecule has 0 bridgehead atoms. The third kappa shape index (κ3) is 3.10. The minimum Gasteiger partial charge on any atom is -0.497 e. The fraction of sp³-hybridized carbons (Fsp3) is 0.211. The lowest BCUT2D eigenvalue weighted by Gasteiger charge is -2.27. The van der Waals surface area contributed by atoms with E-state index >= 15 is 0 Å². The minimum absolute atomic E-state index is 0.398. The number of amides is 1. The molecule has 1 heterocycles. The van der Waals surface area contributed by atoms with Gasteiger partial charge in [-0.05, 0) is 29.8 Å². The molecular weight excluding hydrogens is 322 g/mol. The number of para-hydroxylation sites is 1. The Labute approximate surface area is 144 Å². The Morgan fingerprint density at radius 1 is 1.08 bits per heavy atom. The summed E-state index contributed by atoms with van der Waals surface area (Å²) in [5.74, 6) is -2.76. The molecular formula is C19H17NO5. The van der Waals surface area contributed by atoms with Crippen LogP contribution in [0.4, 0.5) is 5.69 Å². The van der Waals surface area contributed by atoms with Crippen LogP contribution < -0.4 is 9.64 Å². The van der Waals surface area contributed by atoms with Crippen molar-refractivity contribution in [2.75, 3.05) is 12.0 Å². The Balaban J connectivity index is 2.09. The maximum Gasteiger partial charge on any atom is 0.304 e. The van der Waals surface area contributed by atoms with E-state index in [-0.39, 0.29) is 0 Å². The molecule has 1 aliphatic heterocycles. The molecule has 6 heteroatoms. The average Bonchev–Trinajstić information content (AvgIpc) is 2.87. The number of anilines is 1. The van der Waals surface area contributed by atoms with Crippen LogP contribution in [0.25, 0.3) is 0 Å². The summed E-state index contributed by atoms with van der Waals surface area (Å²) in [6.45, 7) is 0. The number of ether oxygens (including phenoxy) is 1. The van der Waals surface area contributed by atoms with Crippen LogP contribution in [0.3, 0.4) is 0 Å². The van der Waals surface area contributed by atoms with Crippen LogP contribution in [0.2, 0.25) is 0 Å². The summed E-state index contributed by atoms with van der Waals surface area (Å²) in [4.78, 5) is 37.6. The molecule has 3 rings (SSSR count). The van der Waals surface area contributed by atoms with Crippen LogP contribution in [-0.2, 0) is 14.4 Å². The summed E-state index contributed by atoms with van der Waals surface area (Å²) in [5.41, 5.74) is 1.25. The van der Waals surface area contributed by atoms with Gasteiger partial charge in [-0.15, -0.1) is 0 Å². The van der Waals surface area contributed by atoms with Crippen molar-refractivity contribution in [2.24, 2.45) is 5.92 Å². The van der Waals surface area contributed by atoms with Gasteiger partial charge in [-0.2, -0.15) is 0 Å². The van der Waals surface area contributed by atoms with E-state index in [1.165, 1.54) is 4.90 Å². The highest BCUT2D eigenvalue weighted by Gasteiger charge is 2.49. The number of methoxy groups -OCH3 is 1. The number of aliphatic carboxylic acids is 1. The Morgan fingerprint density at radius 3 is 2.28 bits per heavy atom. The number of nitrogens with zero attached hydrogens (tertiary/aromatic N) is 1. The number of rotatable bonds is 5. The number of carbonyl (C=O) groups excluding carboxylic acids is 2. The highest BCUT2D eigenvalue weighted by Crippen LogP contribution is 2.41. The van der Waals surface area contributed by atoms with E-state index in [1.54, 1.807) is 55.6 Å². The summed E-state index contributed by atoms with van der Waals surface area (Å²) in [7, 11) is 1.54. The molecule has 2 atom stereocenters. The van der Waals surface area contributed by atoms with Crippen molar-refractivity contribution in [3.8, 4) is 5.75 Å². The van der Waals surface area contributed by atoms with Gasteiger partial charge in [0.15, 0.2) is 0 Å². The number of hydrogen-bond acceptors (Lipinski definition) is 4. The Kier molecular flexibility index (Phi) is 4.52. The summed E-state index contributed by atoms with van der Waals surface area (Å²) in [5, 5.41) is 9.18. The lowest BCUT2D eigenvalue weighted by atomic mass is 9.90. The standard InChI is InChI=1S/C19H17NO5/c1-25-14-9-7-12(8-10-14)17-15(11-16(21)22)18(23)19(24)20(17)13-5-3-2-4-6-13/h2-10,15,17H,11H2,1H3,(H,21,22)/t15-,17-/m1/s1. The summed E-state index contributed by atoms with van der Waals surface area (Å²) in [6.07, 6.45) is -0.398. The molecule has 1 amide bonds. The van der Waals surface area contributed by atoms with Crippen LogP contribution in [0.5, 0.6) is 5.75 Å². The average molecular weight is 339 g/mol. The van der Waals surface area contributed by atoms with E-state index in [9.17, 15) is 19.5 Å². The van der Waals surface area contributed by atoms with Gasteiger partial charge in [-0.25, -0.2) is 0 Å². The van der Waals surface area contributed by atoms with Crippen molar-refractivity contribution in [3.05, 3.63) is 60.2 Å². The molecule has 1 saturated heterocycles. The van der Waals surface area contributed by atoms with Crippen LogP contribution in [-0.4, -0.2) is 29.9 Å². The normalized spacial score (nSPS) is 20.0. The van der Waals surface area contributed by atoms with Crippen molar-refractivity contribution in [2.45, 2.75) is 12.5 Å². The molecule has 0 radical (unpaired) electrons. The van der Waals surface area contributed by atoms with Crippen LogP contribution in [0.1, 0.15) is 18.0 Å². The number of carboxylic acids is 1. The molecule has 1 aliphatic rings. The van der Waals surface area contributed by atoms with E-state index in [0.717, 1.165) is 0 Å². The maximum atomic E-state index is 12.6. The number of benzene rings is 2. The van der Waals surface area contributed by atoms with Crippen molar-refractivity contribution in [1.29, 1.82) is 0 Å². The fourth-order valence-corrected chi connectivity index (χ4v) is 3.17. The second-order valence-electron chi connectivity index (χ2n) is 5.80. The molecule has 0 saturated carbocycles. The largest absolute Gasteiger partial charge is 0.497 e. The lowest BCUT2D eigenvalue weighted by Crippen LogP contribution is -2.29. The molecule has 128 valence electrons. The highest BCUT2D eigenvalue weighted by molar-refractivity contribution is 6.45. The first-order valence-corrected chi connectivity index (χ1v) is 7.81. The molecule has 2 aromatic carbocycles. The van der Waals surface area contributed by atoms with Crippen molar-refractivity contribution in [1.82, 2.24) is 0 Å². The van der Waals surface area contributed by atoms with E-state index < -0.39 is 36.0 Å². The van der Waals surface area contributed by atoms with Gasteiger partial charge in [0.1, 0.15) is 5.75 Å². The minimum atomic E-state index is -1.11. The first-order valence-electron chi connectivity index (χ1n) is 7.81. The fourth-order valence-electron chi connectivity index (χ4n) is 3.17. The Hall–Kier alpha value is -3.15. The quantitative estimate of drug-likeness (QED) is 0.846. The van der Waals surface area contributed by atoms with Crippen molar-refractivity contribution in [3.63, 3.8) is 0 Å². The van der Waals surface area contributed by atoms with Gasteiger partial charge >= 0.3 is 5.97 Å². The van der Waals surface area contributed by atoms with Crippen molar-refractivity contribution < 1.29 is 24.2 Å². The smallest absolute Gasteiger partial charge is 0.304 e. The Morgan fingerprint density at radius 2 is 1.72 bits per heavy atom. The zero-order valence-corrected chi connectivity index (χ0v) is 13.6. The topological polar surface area (TPSA) is 83.9 Å². The zero-order valence-electron chi connectivity index (χ0n) is 13.6. The number of hydrogen-bond donors (Lipinski definition) is 1. The number of Topliss-reactive ketones (excluding diaryl/α,β-unsaturated/α-hetero) is 1. The second-order valence-corrected chi connectivity index (χ2v) is 5.80. The van der Waals surface area contributed by atoms with E-state index in [0.29, 0.717) is 17.0 Å². The van der Waals surface area contributed by atoms with Crippen LogP contribution >= 0.6 is 0 Å².